The molecule has 5 heteroatoms. The molecule has 1 aromatic rings. The molecule has 0 aliphatic heterocycles. The number of nitrogens with two attached hydrogens (primary N) is 1. The average Bonchev–Trinajstić information content (AvgIpc) is 2.36. The number of carboxylic acids is 1. The summed E-state index contributed by atoms with van der Waals surface area (Å²) in [7, 11) is 0. The zero-order chi connectivity index (χ0) is 14.4. The molecule has 5 nitrogen and oxygen atoms in total. The molecule has 4 N–H and O–H groups in total. The minimum Gasteiger partial charge on any atom is -0.481 e. The van der Waals surface area contributed by atoms with Gasteiger partial charge in [0, 0.05) is 12.1 Å². The molecule has 0 fully saturated rings. The van der Waals surface area contributed by atoms with Gasteiger partial charge in [0.2, 0.25) is 5.91 Å². The number of carbonyl (C=O) groups excluding carboxylic acids is 1. The van der Waals surface area contributed by atoms with Gasteiger partial charge >= 0.3 is 5.97 Å². The second-order valence-electron chi connectivity index (χ2n) is 4.81. The number of carboxylic acid groups (broad SMARTS) is 1. The predicted molar refractivity (Wildman–Crippen MR) is 73.8 cm³/mol. The third kappa shape index (κ3) is 4.71. The molecule has 0 unspecified atom stereocenters. The molecule has 19 heavy (non-hydrogen) atoms. The van der Waals surface area contributed by atoms with Gasteiger partial charge in [0.05, 0.1) is 6.04 Å². The highest BCUT2D eigenvalue weighted by molar-refractivity contribution is 5.95. The predicted octanol–water partition coefficient (Wildman–Crippen LogP) is 1.63. The molecule has 0 spiro atoms. The lowest BCUT2D eigenvalue weighted by atomic mass is 10.0. The van der Waals surface area contributed by atoms with Crippen molar-refractivity contribution >= 4 is 17.6 Å². The van der Waals surface area contributed by atoms with Crippen molar-refractivity contribution in [3.63, 3.8) is 0 Å². The summed E-state index contributed by atoms with van der Waals surface area (Å²) < 4.78 is 0. The van der Waals surface area contributed by atoms with Gasteiger partial charge in [-0.15, -0.1) is 0 Å². The van der Waals surface area contributed by atoms with Gasteiger partial charge in [0.15, 0.2) is 0 Å². The quantitative estimate of drug-likeness (QED) is 0.728. The second-order valence-corrected chi connectivity index (χ2v) is 4.81. The Labute approximate surface area is 112 Å². The molecule has 0 heterocycles. The first-order chi connectivity index (χ1) is 8.91. The Kier molecular flexibility index (Phi) is 5.51. The Morgan fingerprint density at radius 2 is 1.95 bits per heavy atom. The van der Waals surface area contributed by atoms with E-state index < -0.39 is 12.0 Å². The van der Waals surface area contributed by atoms with E-state index in [9.17, 15) is 9.59 Å². The number of carbonyl (C=O) groups is 2. The van der Waals surface area contributed by atoms with Crippen molar-refractivity contribution in [2.24, 2.45) is 11.7 Å². The van der Waals surface area contributed by atoms with Crippen molar-refractivity contribution in [2.45, 2.75) is 32.7 Å². The summed E-state index contributed by atoms with van der Waals surface area (Å²) in [5.74, 6) is -1.07. The highest BCUT2D eigenvalue weighted by atomic mass is 16.4. The monoisotopic (exact) mass is 264 g/mol. The van der Waals surface area contributed by atoms with Crippen LogP contribution in [0.3, 0.4) is 0 Å². The van der Waals surface area contributed by atoms with Crippen LogP contribution in [0.25, 0.3) is 0 Å². The second kappa shape index (κ2) is 6.89. The SMILES string of the molecule is CC(C)[C@@H](N)C(=O)Nc1ccccc1CCC(=O)O. The number of hydrogen-bond donors (Lipinski definition) is 3. The van der Waals surface area contributed by atoms with E-state index in [1.165, 1.54) is 0 Å². The minimum absolute atomic E-state index is 0.0309. The van der Waals surface area contributed by atoms with Crippen molar-refractivity contribution in [2.75, 3.05) is 5.32 Å². The fourth-order valence-electron chi connectivity index (χ4n) is 1.62. The zero-order valence-corrected chi connectivity index (χ0v) is 11.2. The standard InChI is InChI=1S/C14H20N2O3/c1-9(2)13(15)14(19)16-11-6-4-3-5-10(11)7-8-12(17)18/h3-6,9,13H,7-8,15H2,1-2H3,(H,16,19)(H,17,18)/t13-/m1/s1. The lowest BCUT2D eigenvalue weighted by Crippen LogP contribution is -2.39. The summed E-state index contributed by atoms with van der Waals surface area (Å²) >= 11 is 0. The summed E-state index contributed by atoms with van der Waals surface area (Å²) in [6, 6.07) is 6.59. The Hall–Kier alpha value is -1.88. The smallest absolute Gasteiger partial charge is 0.303 e. The van der Waals surface area contributed by atoms with Crippen LogP contribution in [-0.4, -0.2) is 23.0 Å². The number of benzene rings is 1. The number of aryl methyl sites for hydroxylation is 1. The van der Waals surface area contributed by atoms with E-state index in [0.29, 0.717) is 12.1 Å². The normalized spacial score (nSPS) is 12.2. The zero-order valence-electron chi connectivity index (χ0n) is 11.2. The highest BCUT2D eigenvalue weighted by Crippen LogP contribution is 2.17. The number of nitrogens with one attached hydrogen (secondary N) is 1. The third-order valence-electron chi connectivity index (χ3n) is 2.90. The topological polar surface area (TPSA) is 92.4 Å². The van der Waals surface area contributed by atoms with Crippen LogP contribution in [0.2, 0.25) is 0 Å². The van der Waals surface area contributed by atoms with Crippen LogP contribution in [0.4, 0.5) is 5.69 Å². The van der Waals surface area contributed by atoms with Crippen molar-refractivity contribution in [1.29, 1.82) is 0 Å². The molecule has 0 aliphatic rings. The number of para-hydroxylation sites is 1. The molecule has 1 rings (SSSR count). The number of rotatable bonds is 6. The van der Waals surface area contributed by atoms with E-state index in [4.69, 9.17) is 10.8 Å². The summed E-state index contributed by atoms with van der Waals surface area (Å²) in [6.07, 6.45) is 0.409. The van der Waals surface area contributed by atoms with Crippen molar-refractivity contribution in [3.8, 4) is 0 Å². The van der Waals surface area contributed by atoms with Crippen LogP contribution >= 0.6 is 0 Å². The first kappa shape index (κ1) is 15.2. The molecular weight excluding hydrogens is 244 g/mol. The van der Waals surface area contributed by atoms with Gasteiger partial charge in [-0.05, 0) is 24.0 Å². The fraction of sp³-hybridized carbons (Fsp3) is 0.429. The van der Waals surface area contributed by atoms with Gasteiger partial charge in [0.1, 0.15) is 0 Å². The lowest BCUT2D eigenvalue weighted by Gasteiger charge is -2.17. The number of anilines is 1. The highest BCUT2D eigenvalue weighted by Gasteiger charge is 2.18. The summed E-state index contributed by atoms with van der Waals surface area (Å²) in [6.45, 7) is 3.75. The van der Waals surface area contributed by atoms with Crippen molar-refractivity contribution < 1.29 is 14.7 Å². The van der Waals surface area contributed by atoms with Crippen LogP contribution in [0, 0.1) is 5.92 Å². The summed E-state index contributed by atoms with van der Waals surface area (Å²) in [5, 5.41) is 11.5. The molecule has 1 atom stereocenters. The fourth-order valence-corrected chi connectivity index (χ4v) is 1.62. The Bertz CT molecular complexity index is 458. The van der Waals surface area contributed by atoms with E-state index in [1.54, 1.807) is 18.2 Å². The maximum atomic E-state index is 11.9. The van der Waals surface area contributed by atoms with Gasteiger partial charge in [-0.3, -0.25) is 9.59 Å². The van der Waals surface area contributed by atoms with E-state index in [1.807, 2.05) is 19.9 Å². The number of amides is 1. The Balaban J connectivity index is 2.77. The van der Waals surface area contributed by atoms with E-state index in [2.05, 4.69) is 5.32 Å². The van der Waals surface area contributed by atoms with Crippen LogP contribution in [0.1, 0.15) is 25.8 Å². The molecule has 0 bridgehead atoms. The van der Waals surface area contributed by atoms with E-state index >= 15 is 0 Å². The number of hydrogen-bond acceptors (Lipinski definition) is 3. The maximum absolute atomic E-state index is 11.9. The molecule has 0 aromatic heterocycles. The summed E-state index contributed by atoms with van der Waals surface area (Å²) in [5.41, 5.74) is 7.20. The molecule has 0 aliphatic carbocycles. The summed E-state index contributed by atoms with van der Waals surface area (Å²) in [4.78, 5) is 22.5. The van der Waals surface area contributed by atoms with Crippen LogP contribution in [0.15, 0.2) is 24.3 Å². The molecule has 1 amide bonds. The molecule has 104 valence electrons. The first-order valence-electron chi connectivity index (χ1n) is 6.28. The van der Waals surface area contributed by atoms with Gasteiger partial charge in [-0.2, -0.15) is 0 Å². The van der Waals surface area contributed by atoms with Gasteiger partial charge in [-0.1, -0.05) is 32.0 Å². The Morgan fingerprint density at radius 1 is 1.32 bits per heavy atom. The molecule has 0 saturated carbocycles. The number of aliphatic carboxylic acids is 1. The minimum atomic E-state index is -0.861. The average molecular weight is 264 g/mol. The van der Waals surface area contributed by atoms with Gasteiger partial charge in [0.25, 0.3) is 0 Å². The molecule has 1 aromatic carbocycles. The van der Waals surface area contributed by atoms with E-state index in [0.717, 1.165) is 5.56 Å². The van der Waals surface area contributed by atoms with Crippen LogP contribution in [-0.2, 0) is 16.0 Å². The van der Waals surface area contributed by atoms with Crippen LogP contribution in [0.5, 0.6) is 0 Å². The molecular formula is C14H20N2O3. The van der Waals surface area contributed by atoms with E-state index in [-0.39, 0.29) is 18.2 Å². The first-order valence-corrected chi connectivity index (χ1v) is 6.28. The largest absolute Gasteiger partial charge is 0.481 e. The third-order valence-corrected chi connectivity index (χ3v) is 2.90. The molecule has 0 radical (unpaired) electrons. The Morgan fingerprint density at radius 3 is 2.53 bits per heavy atom. The maximum Gasteiger partial charge on any atom is 0.303 e. The molecule has 0 saturated heterocycles. The van der Waals surface area contributed by atoms with Crippen molar-refractivity contribution in [1.82, 2.24) is 0 Å². The lowest BCUT2D eigenvalue weighted by molar-refractivity contribution is -0.136. The van der Waals surface area contributed by atoms with Crippen LogP contribution < -0.4 is 11.1 Å². The van der Waals surface area contributed by atoms with Gasteiger partial charge in [-0.25, -0.2) is 0 Å². The van der Waals surface area contributed by atoms with Crippen molar-refractivity contribution in [3.05, 3.63) is 29.8 Å². The van der Waals surface area contributed by atoms with Gasteiger partial charge < -0.3 is 16.2 Å².